The molecule has 0 amide bonds. The van der Waals surface area contributed by atoms with Gasteiger partial charge < -0.3 is 15.0 Å². The van der Waals surface area contributed by atoms with Crippen LogP contribution in [0.1, 0.15) is 52.1 Å². The molecule has 3 heteroatoms. The summed E-state index contributed by atoms with van der Waals surface area (Å²) in [5.74, 6) is 0.965. The van der Waals surface area contributed by atoms with Crippen molar-refractivity contribution < 1.29 is 4.74 Å². The predicted octanol–water partition coefficient (Wildman–Crippen LogP) is 3.86. The van der Waals surface area contributed by atoms with Gasteiger partial charge in [0.2, 0.25) is 0 Å². The third-order valence-electron chi connectivity index (χ3n) is 3.75. The smallest absolute Gasteiger partial charge is 0.119 e. The van der Waals surface area contributed by atoms with E-state index in [1.807, 2.05) is 0 Å². The molecule has 0 saturated heterocycles. The molecule has 0 saturated carbocycles. The normalized spacial score (nSPS) is 12.9. The Morgan fingerprint density at radius 3 is 2.29 bits per heavy atom. The first kappa shape index (κ1) is 18.0. The molecule has 1 N–H and O–H groups in total. The Bertz CT molecular complexity index is 375. The number of hydrogen-bond acceptors (Lipinski definition) is 3. The lowest BCUT2D eigenvalue weighted by molar-refractivity contribution is 0.242. The molecule has 0 bridgehead atoms. The number of benzene rings is 1. The lowest BCUT2D eigenvalue weighted by Gasteiger charge is -2.28. The molecule has 1 rings (SSSR count). The zero-order valence-electron chi connectivity index (χ0n) is 14.4. The summed E-state index contributed by atoms with van der Waals surface area (Å²) in [4.78, 5) is 2.38. The van der Waals surface area contributed by atoms with Crippen LogP contribution in [0.3, 0.4) is 0 Å². The summed E-state index contributed by atoms with van der Waals surface area (Å²) in [6.45, 7) is 11.7. The maximum absolute atomic E-state index is 5.66. The van der Waals surface area contributed by atoms with Gasteiger partial charge in [-0.3, -0.25) is 0 Å². The summed E-state index contributed by atoms with van der Waals surface area (Å²) in [6.07, 6.45) is 2.20. The van der Waals surface area contributed by atoms with Crippen molar-refractivity contribution in [1.82, 2.24) is 10.2 Å². The summed E-state index contributed by atoms with van der Waals surface area (Å²) >= 11 is 0. The van der Waals surface area contributed by atoms with E-state index in [-0.39, 0.29) is 0 Å². The van der Waals surface area contributed by atoms with Gasteiger partial charge in [-0.1, -0.05) is 26.0 Å². The van der Waals surface area contributed by atoms with Crippen LogP contribution in [0.25, 0.3) is 0 Å². The first-order valence-electron chi connectivity index (χ1n) is 8.24. The van der Waals surface area contributed by atoms with Gasteiger partial charge in [-0.05, 0) is 58.0 Å². The third kappa shape index (κ3) is 6.49. The van der Waals surface area contributed by atoms with Crippen molar-refractivity contribution in [3.05, 3.63) is 29.8 Å². The highest BCUT2D eigenvalue weighted by molar-refractivity contribution is 5.29. The largest absolute Gasteiger partial charge is 0.494 e. The molecule has 0 heterocycles. The van der Waals surface area contributed by atoms with Crippen molar-refractivity contribution in [1.29, 1.82) is 0 Å². The number of nitrogens with zero attached hydrogens (tertiary/aromatic N) is 1. The third-order valence-corrected chi connectivity index (χ3v) is 3.75. The van der Waals surface area contributed by atoms with Gasteiger partial charge in [-0.25, -0.2) is 0 Å². The monoisotopic (exact) mass is 292 g/mol. The van der Waals surface area contributed by atoms with E-state index in [1.54, 1.807) is 0 Å². The predicted molar refractivity (Wildman–Crippen MR) is 91.0 cm³/mol. The van der Waals surface area contributed by atoms with Gasteiger partial charge in [-0.15, -0.1) is 0 Å². The summed E-state index contributed by atoms with van der Waals surface area (Å²) in [5.41, 5.74) is 1.33. The molecule has 120 valence electrons. The van der Waals surface area contributed by atoms with Gasteiger partial charge in [0.1, 0.15) is 5.75 Å². The van der Waals surface area contributed by atoms with Crippen LogP contribution in [0, 0.1) is 0 Å². The molecule has 1 atom stereocenters. The molecule has 1 aromatic rings. The Morgan fingerprint density at radius 1 is 1.10 bits per heavy atom. The number of hydrogen-bond donors (Lipinski definition) is 1. The van der Waals surface area contributed by atoms with E-state index in [0.717, 1.165) is 38.3 Å². The Morgan fingerprint density at radius 2 is 1.76 bits per heavy atom. The lowest BCUT2D eigenvalue weighted by atomic mass is 10.1. The highest BCUT2D eigenvalue weighted by Crippen LogP contribution is 2.19. The van der Waals surface area contributed by atoms with Crippen LogP contribution in [0.5, 0.6) is 5.75 Å². The number of nitrogens with one attached hydrogen (secondary N) is 1. The zero-order valence-corrected chi connectivity index (χ0v) is 14.4. The zero-order chi connectivity index (χ0) is 15.7. The maximum atomic E-state index is 5.66. The SMILES string of the molecule is CCCNC(CN(C)C(C)C)c1ccc(OCCC)cc1. The minimum atomic E-state index is 0.373. The van der Waals surface area contributed by atoms with Gasteiger partial charge >= 0.3 is 0 Å². The quantitative estimate of drug-likeness (QED) is 0.709. The highest BCUT2D eigenvalue weighted by Gasteiger charge is 2.15. The van der Waals surface area contributed by atoms with Crippen LogP contribution >= 0.6 is 0 Å². The molecule has 0 fully saturated rings. The second kappa shape index (κ2) is 9.80. The van der Waals surface area contributed by atoms with Gasteiger partial charge in [0, 0.05) is 18.6 Å². The number of likely N-dealkylation sites (N-methyl/N-ethyl adjacent to an activating group) is 1. The molecular formula is C18H32N2O. The Hall–Kier alpha value is -1.06. The van der Waals surface area contributed by atoms with E-state index in [0.29, 0.717) is 12.1 Å². The fourth-order valence-electron chi connectivity index (χ4n) is 2.12. The van der Waals surface area contributed by atoms with Crippen LogP contribution in [-0.4, -0.2) is 37.7 Å². The van der Waals surface area contributed by atoms with Crippen LogP contribution in [-0.2, 0) is 0 Å². The van der Waals surface area contributed by atoms with Crippen LogP contribution in [0.15, 0.2) is 24.3 Å². The average Bonchev–Trinajstić information content (AvgIpc) is 2.49. The minimum absolute atomic E-state index is 0.373. The lowest BCUT2D eigenvalue weighted by Crippen LogP contribution is -2.36. The van der Waals surface area contributed by atoms with Crippen LogP contribution in [0.4, 0.5) is 0 Å². The fraction of sp³-hybridized carbons (Fsp3) is 0.667. The molecule has 0 radical (unpaired) electrons. The Balaban J connectivity index is 2.72. The van der Waals surface area contributed by atoms with E-state index in [1.165, 1.54) is 5.56 Å². The maximum Gasteiger partial charge on any atom is 0.119 e. The van der Waals surface area contributed by atoms with Crippen molar-refractivity contribution in [2.24, 2.45) is 0 Å². The average molecular weight is 292 g/mol. The molecule has 0 aliphatic carbocycles. The van der Waals surface area contributed by atoms with Gasteiger partial charge in [-0.2, -0.15) is 0 Å². The minimum Gasteiger partial charge on any atom is -0.494 e. The molecule has 0 aliphatic rings. The van der Waals surface area contributed by atoms with Crippen molar-refractivity contribution in [3.8, 4) is 5.75 Å². The molecule has 1 unspecified atom stereocenters. The first-order valence-corrected chi connectivity index (χ1v) is 8.24. The van der Waals surface area contributed by atoms with E-state index in [9.17, 15) is 0 Å². The van der Waals surface area contributed by atoms with Gasteiger partial charge in [0.25, 0.3) is 0 Å². The van der Waals surface area contributed by atoms with E-state index in [2.05, 4.69) is 69.2 Å². The number of ether oxygens (including phenoxy) is 1. The standard InChI is InChI=1S/C18H32N2O/c1-6-12-19-18(14-20(5)15(3)4)16-8-10-17(11-9-16)21-13-7-2/h8-11,15,18-19H,6-7,12-14H2,1-5H3. The van der Waals surface area contributed by atoms with Crippen LogP contribution in [0.2, 0.25) is 0 Å². The number of rotatable bonds is 10. The Labute approximate surface area is 130 Å². The van der Waals surface area contributed by atoms with Gasteiger partial charge in [0.05, 0.1) is 6.61 Å². The fourth-order valence-corrected chi connectivity index (χ4v) is 2.12. The highest BCUT2D eigenvalue weighted by atomic mass is 16.5. The molecule has 1 aromatic carbocycles. The topological polar surface area (TPSA) is 24.5 Å². The Kier molecular flexibility index (Phi) is 8.40. The van der Waals surface area contributed by atoms with E-state index < -0.39 is 0 Å². The molecule has 3 nitrogen and oxygen atoms in total. The van der Waals surface area contributed by atoms with Crippen LogP contribution < -0.4 is 10.1 Å². The second-order valence-electron chi connectivity index (χ2n) is 5.96. The summed E-state index contributed by atoms with van der Waals surface area (Å²) in [5, 5.41) is 3.65. The first-order chi connectivity index (χ1) is 10.1. The van der Waals surface area contributed by atoms with Gasteiger partial charge in [0.15, 0.2) is 0 Å². The molecule has 0 aliphatic heterocycles. The van der Waals surface area contributed by atoms with Crippen molar-refractivity contribution >= 4 is 0 Å². The van der Waals surface area contributed by atoms with E-state index >= 15 is 0 Å². The molecule has 21 heavy (non-hydrogen) atoms. The molecule has 0 spiro atoms. The molecular weight excluding hydrogens is 260 g/mol. The molecule has 0 aromatic heterocycles. The van der Waals surface area contributed by atoms with Crippen molar-refractivity contribution in [2.45, 2.75) is 52.6 Å². The summed E-state index contributed by atoms with van der Waals surface area (Å²) in [7, 11) is 2.18. The summed E-state index contributed by atoms with van der Waals surface area (Å²) in [6, 6.07) is 9.47. The summed E-state index contributed by atoms with van der Waals surface area (Å²) < 4.78 is 5.66. The van der Waals surface area contributed by atoms with Crippen molar-refractivity contribution in [3.63, 3.8) is 0 Å². The second-order valence-corrected chi connectivity index (χ2v) is 5.96. The van der Waals surface area contributed by atoms with Crippen molar-refractivity contribution in [2.75, 3.05) is 26.7 Å². The van der Waals surface area contributed by atoms with E-state index in [4.69, 9.17) is 4.74 Å².